The van der Waals surface area contributed by atoms with E-state index in [4.69, 9.17) is 4.74 Å². The van der Waals surface area contributed by atoms with Gasteiger partial charge in [-0.05, 0) is 50.3 Å². The summed E-state index contributed by atoms with van der Waals surface area (Å²) in [7, 11) is -4.38. The van der Waals surface area contributed by atoms with Crippen LogP contribution in [-0.2, 0) is 25.5 Å². The zero-order valence-electron chi connectivity index (χ0n) is 14.1. The molecule has 0 heterocycles. The van der Waals surface area contributed by atoms with Crippen molar-refractivity contribution in [1.82, 2.24) is 0 Å². The van der Waals surface area contributed by atoms with Gasteiger partial charge in [0.15, 0.2) is 9.84 Å². The Kier molecular flexibility index (Phi) is 5.62. The highest BCUT2D eigenvalue weighted by atomic mass is 79.9. The average Bonchev–Trinajstić information content (AvgIpc) is 2.95. The van der Waals surface area contributed by atoms with Gasteiger partial charge in [0.25, 0.3) is 0 Å². The van der Waals surface area contributed by atoms with E-state index in [0.29, 0.717) is 0 Å². The topological polar surface area (TPSA) is 80.7 Å². The number of halogens is 4. The van der Waals surface area contributed by atoms with Crippen LogP contribution in [0.5, 0.6) is 0 Å². The summed E-state index contributed by atoms with van der Waals surface area (Å²) < 4.78 is 71.7. The SMILES string of the molecule is O=C(O)[C@H]1C[C@H](S(=O)(=O)c2ccc(Br)cc2C(F)(F)F)C[C@@H]1OC1CCC1. The Labute approximate surface area is 162 Å². The molecule has 1 aromatic carbocycles. The van der Waals surface area contributed by atoms with Gasteiger partial charge in [-0.2, -0.15) is 13.2 Å². The lowest BCUT2D eigenvalue weighted by Gasteiger charge is -2.30. The predicted molar refractivity (Wildman–Crippen MR) is 93.0 cm³/mol. The fourth-order valence-electron chi connectivity index (χ4n) is 3.52. The van der Waals surface area contributed by atoms with Crippen LogP contribution in [0.4, 0.5) is 13.2 Å². The fraction of sp³-hybridized carbons (Fsp3) is 0.588. The van der Waals surface area contributed by atoms with Gasteiger partial charge in [0, 0.05) is 4.47 Å². The van der Waals surface area contributed by atoms with Crippen LogP contribution >= 0.6 is 15.9 Å². The van der Waals surface area contributed by atoms with E-state index >= 15 is 0 Å². The summed E-state index contributed by atoms with van der Waals surface area (Å²) in [5.74, 6) is -2.24. The number of carbonyl (C=O) groups is 1. The molecule has 3 atom stereocenters. The number of sulfone groups is 1. The number of hydrogen-bond acceptors (Lipinski definition) is 4. The molecule has 0 unspecified atom stereocenters. The van der Waals surface area contributed by atoms with Crippen LogP contribution in [0.15, 0.2) is 27.6 Å². The maximum atomic E-state index is 13.3. The molecule has 2 aliphatic rings. The second-order valence-corrected chi connectivity index (χ2v) is 10.1. The zero-order chi connectivity index (χ0) is 20.0. The molecule has 1 N–H and O–H groups in total. The van der Waals surface area contributed by atoms with E-state index < -0.39 is 49.7 Å². The molecule has 5 nitrogen and oxygen atoms in total. The van der Waals surface area contributed by atoms with Gasteiger partial charge >= 0.3 is 12.1 Å². The van der Waals surface area contributed by atoms with Gasteiger partial charge in [-0.1, -0.05) is 15.9 Å². The van der Waals surface area contributed by atoms with Crippen molar-refractivity contribution in [2.75, 3.05) is 0 Å². The Bertz CT molecular complexity index is 835. The van der Waals surface area contributed by atoms with E-state index in [1.807, 2.05) is 0 Å². The molecule has 0 aromatic heterocycles. The van der Waals surface area contributed by atoms with Gasteiger partial charge in [0.05, 0.1) is 33.8 Å². The van der Waals surface area contributed by atoms with Crippen molar-refractivity contribution in [2.24, 2.45) is 5.92 Å². The third-order valence-corrected chi connectivity index (χ3v) is 7.91. The molecular formula is C17H18BrF3O5S. The van der Waals surface area contributed by atoms with E-state index in [1.54, 1.807) is 0 Å². The zero-order valence-corrected chi connectivity index (χ0v) is 16.5. The first kappa shape index (κ1) is 20.6. The van der Waals surface area contributed by atoms with Gasteiger partial charge in [0.1, 0.15) is 0 Å². The highest BCUT2D eigenvalue weighted by Gasteiger charge is 2.48. The number of aliphatic carboxylic acids is 1. The summed E-state index contributed by atoms with van der Waals surface area (Å²) in [5.41, 5.74) is -1.26. The Morgan fingerprint density at radius 3 is 2.41 bits per heavy atom. The molecule has 0 amide bonds. The predicted octanol–water partition coefficient (Wildman–Crippen LogP) is 4.04. The number of rotatable bonds is 5. The lowest BCUT2D eigenvalue weighted by atomic mass is 9.95. The molecule has 0 radical (unpaired) electrons. The molecule has 0 bridgehead atoms. The first-order valence-electron chi connectivity index (χ1n) is 8.49. The Morgan fingerprint density at radius 2 is 1.89 bits per heavy atom. The minimum Gasteiger partial charge on any atom is -0.481 e. The van der Waals surface area contributed by atoms with Gasteiger partial charge in [-0.15, -0.1) is 0 Å². The Morgan fingerprint density at radius 1 is 1.22 bits per heavy atom. The largest absolute Gasteiger partial charge is 0.481 e. The number of carboxylic acids is 1. The Balaban J connectivity index is 1.92. The molecule has 27 heavy (non-hydrogen) atoms. The smallest absolute Gasteiger partial charge is 0.417 e. The fourth-order valence-corrected chi connectivity index (χ4v) is 5.89. The minimum atomic E-state index is -4.85. The van der Waals surface area contributed by atoms with Crippen LogP contribution in [-0.4, -0.2) is 37.0 Å². The highest BCUT2D eigenvalue weighted by Crippen LogP contribution is 2.42. The molecule has 3 rings (SSSR count). The summed E-state index contributed by atoms with van der Waals surface area (Å²) in [6.45, 7) is 0. The average molecular weight is 471 g/mol. The van der Waals surface area contributed by atoms with Crippen LogP contribution in [0.3, 0.4) is 0 Å². The number of ether oxygens (including phenoxy) is 1. The summed E-state index contributed by atoms with van der Waals surface area (Å²) in [5, 5.41) is 8.17. The second kappa shape index (κ2) is 7.36. The van der Waals surface area contributed by atoms with E-state index in [0.717, 1.165) is 31.4 Å². The number of carboxylic acid groups (broad SMARTS) is 1. The second-order valence-electron chi connectivity index (χ2n) is 6.95. The van der Waals surface area contributed by atoms with E-state index in [1.165, 1.54) is 6.07 Å². The first-order chi connectivity index (χ1) is 12.5. The van der Waals surface area contributed by atoms with Gasteiger partial charge in [0.2, 0.25) is 0 Å². The van der Waals surface area contributed by atoms with Crippen LogP contribution in [0.1, 0.15) is 37.7 Å². The van der Waals surface area contributed by atoms with Crippen molar-refractivity contribution >= 4 is 31.7 Å². The third-order valence-electron chi connectivity index (χ3n) is 5.19. The van der Waals surface area contributed by atoms with Crippen LogP contribution in [0, 0.1) is 5.92 Å². The van der Waals surface area contributed by atoms with Gasteiger partial charge in [-0.25, -0.2) is 8.42 Å². The molecule has 2 saturated carbocycles. The lowest BCUT2D eigenvalue weighted by Crippen LogP contribution is -2.33. The monoisotopic (exact) mass is 470 g/mol. The molecule has 0 aliphatic heterocycles. The van der Waals surface area contributed by atoms with Crippen molar-refractivity contribution in [3.8, 4) is 0 Å². The lowest BCUT2D eigenvalue weighted by molar-refractivity contribution is -0.149. The molecule has 0 saturated heterocycles. The first-order valence-corrected chi connectivity index (χ1v) is 10.8. The number of hydrogen-bond donors (Lipinski definition) is 1. The summed E-state index contributed by atoms with van der Waals surface area (Å²) in [6.07, 6.45) is -3.61. The van der Waals surface area contributed by atoms with Crippen molar-refractivity contribution in [2.45, 2.75) is 60.6 Å². The molecule has 1 aromatic rings. The van der Waals surface area contributed by atoms with Gasteiger partial charge < -0.3 is 9.84 Å². The van der Waals surface area contributed by atoms with Crippen LogP contribution < -0.4 is 0 Å². The molecule has 2 aliphatic carbocycles. The Hall–Kier alpha value is -1.13. The quantitative estimate of drug-likeness (QED) is 0.701. The van der Waals surface area contributed by atoms with Crippen molar-refractivity contribution < 1.29 is 36.2 Å². The van der Waals surface area contributed by atoms with Gasteiger partial charge in [-0.3, -0.25) is 4.79 Å². The van der Waals surface area contributed by atoms with E-state index in [-0.39, 0.29) is 23.4 Å². The molecular weight excluding hydrogens is 453 g/mol. The van der Waals surface area contributed by atoms with Crippen molar-refractivity contribution in [3.63, 3.8) is 0 Å². The standard InChI is InChI=1S/C17H18BrF3O5S/c18-9-4-5-15(13(6-9)17(19,20)21)27(24,25)11-7-12(16(22)23)14(8-11)26-10-2-1-3-10/h4-6,10-12,14H,1-3,7-8H2,(H,22,23)/t11-,12-,14-/m0/s1. The van der Waals surface area contributed by atoms with Crippen molar-refractivity contribution in [3.05, 3.63) is 28.2 Å². The minimum absolute atomic E-state index is 0.100. The van der Waals surface area contributed by atoms with E-state index in [2.05, 4.69) is 15.9 Å². The number of alkyl halides is 3. The third kappa shape index (κ3) is 4.17. The molecule has 2 fully saturated rings. The normalized spacial score (nSPS) is 26.7. The highest BCUT2D eigenvalue weighted by molar-refractivity contribution is 9.10. The summed E-state index contributed by atoms with van der Waals surface area (Å²) >= 11 is 2.93. The summed E-state index contributed by atoms with van der Waals surface area (Å²) in [6, 6.07) is 2.87. The number of benzene rings is 1. The van der Waals surface area contributed by atoms with Crippen molar-refractivity contribution in [1.29, 1.82) is 0 Å². The maximum Gasteiger partial charge on any atom is 0.417 e. The van der Waals surface area contributed by atoms with E-state index in [9.17, 15) is 31.5 Å². The molecule has 150 valence electrons. The molecule has 10 heteroatoms. The maximum absolute atomic E-state index is 13.3. The summed E-state index contributed by atoms with van der Waals surface area (Å²) in [4.78, 5) is 10.7. The van der Waals surface area contributed by atoms with Crippen LogP contribution in [0.25, 0.3) is 0 Å². The van der Waals surface area contributed by atoms with Crippen LogP contribution in [0.2, 0.25) is 0 Å². The molecule has 0 spiro atoms.